The number of nitrogens with zero attached hydrogens (tertiary/aromatic N) is 2. The van der Waals surface area contributed by atoms with Crippen LogP contribution >= 0.6 is 11.3 Å². The van der Waals surface area contributed by atoms with E-state index < -0.39 is 5.41 Å². The number of aromatic nitrogens is 1. The van der Waals surface area contributed by atoms with E-state index in [0.29, 0.717) is 12.0 Å². The maximum absolute atomic E-state index is 13.3. The van der Waals surface area contributed by atoms with Crippen molar-refractivity contribution >= 4 is 27.5 Å². The maximum Gasteiger partial charge on any atom is 0.317 e. The van der Waals surface area contributed by atoms with Gasteiger partial charge in [0.1, 0.15) is 6.61 Å². The number of ether oxygens (including phenoxy) is 1. The highest BCUT2D eigenvalue weighted by molar-refractivity contribution is 7.18. The van der Waals surface area contributed by atoms with Crippen LogP contribution < -0.4 is 0 Å². The largest absolute Gasteiger partial charge is 0.460 e. The molecule has 0 aliphatic heterocycles. The fourth-order valence-corrected chi connectivity index (χ4v) is 4.50. The number of nitriles is 1. The smallest absolute Gasteiger partial charge is 0.317 e. The Bertz CT molecular complexity index is 1180. The minimum Gasteiger partial charge on any atom is -0.460 e. The SMILES string of the molecule is CC(Cc1nc2ccccc2s1)(C(=O)OCc1ccc(C#N)cc1)c1ccccc1. The zero-order valence-electron chi connectivity index (χ0n) is 16.5. The van der Waals surface area contributed by atoms with E-state index in [0.717, 1.165) is 26.4 Å². The molecule has 0 aliphatic carbocycles. The predicted octanol–water partition coefficient (Wildman–Crippen LogP) is 5.41. The van der Waals surface area contributed by atoms with Gasteiger partial charge in [-0.15, -0.1) is 11.3 Å². The number of para-hydroxylation sites is 1. The van der Waals surface area contributed by atoms with Crippen LogP contribution in [0.15, 0.2) is 78.9 Å². The van der Waals surface area contributed by atoms with E-state index in [1.54, 1.807) is 35.6 Å². The Balaban J connectivity index is 1.59. The number of carbonyl (C=O) groups excluding carboxylic acids is 1. The fraction of sp³-hybridized carbons (Fsp3) is 0.160. The summed E-state index contributed by atoms with van der Waals surface area (Å²) in [5.74, 6) is -0.294. The quantitative estimate of drug-likeness (QED) is 0.397. The lowest BCUT2D eigenvalue weighted by molar-refractivity contribution is -0.151. The average Bonchev–Trinajstić information content (AvgIpc) is 3.20. The molecule has 1 heterocycles. The molecule has 4 aromatic rings. The minimum atomic E-state index is -0.859. The van der Waals surface area contributed by atoms with Gasteiger partial charge in [0.15, 0.2) is 0 Å². The highest BCUT2D eigenvalue weighted by Gasteiger charge is 2.38. The van der Waals surface area contributed by atoms with Gasteiger partial charge in [-0.3, -0.25) is 4.79 Å². The molecular formula is C25H20N2O2S. The summed E-state index contributed by atoms with van der Waals surface area (Å²) in [6, 6.07) is 26.8. The normalized spacial score (nSPS) is 12.8. The summed E-state index contributed by atoms with van der Waals surface area (Å²) >= 11 is 1.61. The molecule has 0 amide bonds. The number of carbonyl (C=O) groups is 1. The van der Waals surface area contributed by atoms with Crippen LogP contribution in [0.5, 0.6) is 0 Å². The molecule has 30 heavy (non-hydrogen) atoms. The first kappa shape index (κ1) is 19.8. The number of hydrogen-bond acceptors (Lipinski definition) is 5. The summed E-state index contributed by atoms with van der Waals surface area (Å²) < 4.78 is 6.83. The Hall–Kier alpha value is -3.49. The van der Waals surface area contributed by atoms with Gasteiger partial charge in [0.25, 0.3) is 0 Å². The van der Waals surface area contributed by atoms with Crippen molar-refractivity contribution in [3.05, 3.63) is 101 Å². The van der Waals surface area contributed by atoms with Gasteiger partial charge in [-0.1, -0.05) is 54.6 Å². The number of thiazole rings is 1. The second-order valence-electron chi connectivity index (χ2n) is 7.34. The number of esters is 1. The van der Waals surface area contributed by atoms with Gasteiger partial charge < -0.3 is 4.74 Å². The van der Waals surface area contributed by atoms with Crippen molar-refractivity contribution in [2.75, 3.05) is 0 Å². The van der Waals surface area contributed by atoms with Crippen LogP contribution in [-0.4, -0.2) is 11.0 Å². The second-order valence-corrected chi connectivity index (χ2v) is 8.45. The summed E-state index contributed by atoms with van der Waals surface area (Å²) in [7, 11) is 0. The van der Waals surface area contributed by atoms with Gasteiger partial charge in [-0.05, 0) is 42.3 Å². The van der Waals surface area contributed by atoms with Crippen molar-refractivity contribution in [1.29, 1.82) is 5.26 Å². The first-order valence-corrected chi connectivity index (χ1v) is 10.5. The molecule has 0 saturated heterocycles. The van der Waals surface area contributed by atoms with Crippen LogP contribution in [0, 0.1) is 11.3 Å². The Morgan fingerprint density at radius 1 is 1.03 bits per heavy atom. The Labute approximate surface area is 179 Å². The fourth-order valence-electron chi connectivity index (χ4n) is 3.38. The summed E-state index contributed by atoms with van der Waals surface area (Å²) in [6.45, 7) is 2.07. The van der Waals surface area contributed by atoms with Gasteiger partial charge in [-0.2, -0.15) is 5.26 Å². The topological polar surface area (TPSA) is 63.0 Å². The molecule has 5 heteroatoms. The van der Waals surface area contributed by atoms with Crippen LogP contribution in [-0.2, 0) is 28.0 Å². The Morgan fingerprint density at radius 3 is 2.43 bits per heavy atom. The number of rotatable bonds is 6. The number of hydrogen-bond donors (Lipinski definition) is 0. The van der Waals surface area contributed by atoms with E-state index in [4.69, 9.17) is 15.0 Å². The van der Waals surface area contributed by atoms with Crippen molar-refractivity contribution in [2.24, 2.45) is 0 Å². The van der Waals surface area contributed by atoms with E-state index >= 15 is 0 Å². The third-order valence-corrected chi connectivity index (χ3v) is 6.19. The van der Waals surface area contributed by atoms with Crippen LogP contribution in [0.3, 0.4) is 0 Å². The average molecular weight is 413 g/mol. The molecule has 3 aromatic carbocycles. The molecule has 4 rings (SSSR count). The first-order valence-electron chi connectivity index (χ1n) is 9.65. The van der Waals surface area contributed by atoms with Crippen molar-refractivity contribution in [3.63, 3.8) is 0 Å². The third kappa shape index (κ3) is 4.10. The van der Waals surface area contributed by atoms with Crippen molar-refractivity contribution in [3.8, 4) is 6.07 Å². The molecule has 1 aromatic heterocycles. The lowest BCUT2D eigenvalue weighted by Crippen LogP contribution is -2.36. The molecular weight excluding hydrogens is 392 g/mol. The summed E-state index contributed by atoms with van der Waals surface area (Å²) in [6.07, 6.45) is 0.461. The summed E-state index contributed by atoms with van der Waals surface area (Å²) in [5, 5.41) is 9.83. The highest BCUT2D eigenvalue weighted by Crippen LogP contribution is 2.33. The van der Waals surface area contributed by atoms with Crippen LogP contribution in [0.2, 0.25) is 0 Å². The molecule has 0 bridgehead atoms. The molecule has 0 fully saturated rings. The lowest BCUT2D eigenvalue weighted by atomic mass is 9.79. The molecule has 4 nitrogen and oxygen atoms in total. The van der Waals surface area contributed by atoms with Crippen LogP contribution in [0.4, 0.5) is 0 Å². The van der Waals surface area contributed by atoms with Gasteiger partial charge in [0.2, 0.25) is 0 Å². The maximum atomic E-state index is 13.3. The number of benzene rings is 3. The van der Waals surface area contributed by atoms with Crippen LogP contribution in [0.1, 0.15) is 28.6 Å². The molecule has 148 valence electrons. The first-order chi connectivity index (χ1) is 14.6. The van der Waals surface area contributed by atoms with E-state index in [-0.39, 0.29) is 12.6 Å². The van der Waals surface area contributed by atoms with Crippen molar-refractivity contribution in [1.82, 2.24) is 4.98 Å². The Kier molecular flexibility index (Phi) is 5.60. The van der Waals surface area contributed by atoms with Gasteiger partial charge >= 0.3 is 5.97 Å². The highest BCUT2D eigenvalue weighted by atomic mass is 32.1. The monoisotopic (exact) mass is 412 g/mol. The standard InChI is InChI=1S/C25H20N2O2S/c1-25(20-7-3-2-4-8-20,15-23-27-21-9-5-6-10-22(21)30-23)24(28)29-17-19-13-11-18(16-26)12-14-19/h2-14H,15,17H2,1H3. The molecule has 1 atom stereocenters. The van der Waals surface area contributed by atoms with Gasteiger partial charge in [0.05, 0.1) is 32.3 Å². The molecule has 0 saturated carbocycles. The molecule has 0 aliphatic rings. The van der Waals surface area contributed by atoms with E-state index in [1.165, 1.54) is 0 Å². The molecule has 0 radical (unpaired) electrons. The molecule has 1 unspecified atom stereocenters. The van der Waals surface area contributed by atoms with Crippen molar-refractivity contribution < 1.29 is 9.53 Å². The van der Waals surface area contributed by atoms with E-state index in [1.807, 2.05) is 61.5 Å². The minimum absolute atomic E-state index is 0.160. The molecule has 0 spiro atoms. The second kappa shape index (κ2) is 8.48. The zero-order chi connectivity index (χ0) is 21.0. The summed E-state index contributed by atoms with van der Waals surface area (Å²) in [5.41, 5.74) is 2.41. The third-order valence-electron chi connectivity index (χ3n) is 5.16. The van der Waals surface area contributed by atoms with E-state index in [2.05, 4.69) is 6.07 Å². The van der Waals surface area contributed by atoms with Crippen molar-refractivity contribution in [2.45, 2.75) is 25.4 Å². The Morgan fingerprint density at radius 2 is 1.73 bits per heavy atom. The van der Waals surface area contributed by atoms with Gasteiger partial charge in [-0.25, -0.2) is 4.98 Å². The zero-order valence-corrected chi connectivity index (χ0v) is 17.4. The lowest BCUT2D eigenvalue weighted by Gasteiger charge is -2.27. The van der Waals surface area contributed by atoms with E-state index in [9.17, 15) is 4.79 Å². The van der Waals surface area contributed by atoms with Gasteiger partial charge in [0, 0.05) is 6.42 Å². The predicted molar refractivity (Wildman–Crippen MR) is 118 cm³/mol. The van der Waals surface area contributed by atoms with Crippen LogP contribution in [0.25, 0.3) is 10.2 Å². The summed E-state index contributed by atoms with van der Waals surface area (Å²) in [4.78, 5) is 18.0. The molecule has 0 N–H and O–H groups in total. The number of fused-ring (bicyclic) bond motifs is 1.